The Morgan fingerprint density at radius 2 is 2.00 bits per heavy atom. The topological polar surface area (TPSA) is 46.3 Å². The van der Waals surface area contributed by atoms with E-state index in [1.165, 1.54) is 0 Å². The lowest BCUT2D eigenvalue weighted by Gasteiger charge is -2.15. The predicted molar refractivity (Wildman–Crippen MR) is 51.4 cm³/mol. The van der Waals surface area contributed by atoms with Gasteiger partial charge in [0.2, 0.25) is 5.91 Å². The van der Waals surface area contributed by atoms with Gasteiger partial charge in [-0.1, -0.05) is 18.2 Å². The van der Waals surface area contributed by atoms with E-state index in [1.54, 1.807) is 4.90 Å². The molecule has 1 aliphatic heterocycles. The Labute approximate surface area is 77.1 Å². The number of benzene rings is 1. The quantitative estimate of drug-likeness (QED) is 0.686. The molecule has 1 atom stereocenters. The number of amides is 1. The number of para-hydroxylation sites is 1. The lowest BCUT2D eigenvalue weighted by Crippen LogP contribution is -2.33. The van der Waals surface area contributed by atoms with Gasteiger partial charge in [0.1, 0.15) is 0 Å². The van der Waals surface area contributed by atoms with Gasteiger partial charge in [0.15, 0.2) is 0 Å². The van der Waals surface area contributed by atoms with Crippen molar-refractivity contribution in [2.45, 2.75) is 12.5 Å². The zero-order valence-corrected chi connectivity index (χ0v) is 7.31. The molecule has 1 saturated heterocycles. The van der Waals surface area contributed by atoms with Crippen molar-refractivity contribution in [1.82, 2.24) is 0 Å². The molecule has 0 aliphatic carbocycles. The van der Waals surface area contributed by atoms with E-state index in [-0.39, 0.29) is 11.9 Å². The van der Waals surface area contributed by atoms with Crippen LogP contribution < -0.4 is 10.6 Å². The molecular formula is C10H12N2O. The van der Waals surface area contributed by atoms with Crippen molar-refractivity contribution < 1.29 is 4.79 Å². The minimum Gasteiger partial charge on any atom is -0.320 e. The Morgan fingerprint density at radius 3 is 2.54 bits per heavy atom. The first-order valence-electron chi connectivity index (χ1n) is 4.41. The first kappa shape index (κ1) is 8.26. The molecule has 1 aromatic carbocycles. The van der Waals surface area contributed by atoms with Gasteiger partial charge >= 0.3 is 0 Å². The maximum absolute atomic E-state index is 11.5. The minimum absolute atomic E-state index is 0.0335. The summed E-state index contributed by atoms with van der Waals surface area (Å²) < 4.78 is 0. The second-order valence-corrected chi connectivity index (χ2v) is 3.22. The van der Waals surface area contributed by atoms with Crippen molar-refractivity contribution in [3.8, 4) is 0 Å². The van der Waals surface area contributed by atoms with Crippen LogP contribution in [-0.2, 0) is 4.79 Å². The number of carbonyl (C=O) groups is 1. The molecule has 2 rings (SSSR count). The third-order valence-electron chi connectivity index (χ3n) is 2.31. The first-order chi connectivity index (χ1) is 6.29. The fourth-order valence-corrected chi connectivity index (χ4v) is 1.57. The van der Waals surface area contributed by atoms with E-state index in [0.717, 1.165) is 18.7 Å². The highest BCUT2D eigenvalue weighted by Gasteiger charge is 2.29. The lowest BCUT2D eigenvalue weighted by molar-refractivity contribution is -0.118. The van der Waals surface area contributed by atoms with Crippen LogP contribution in [0.2, 0.25) is 0 Å². The van der Waals surface area contributed by atoms with E-state index in [0.29, 0.717) is 0 Å². The summed E-state index contributed by atoms with van der Waals surface area (Å²) in [6.45, 7) is 0.740. The van der Waals surface area contributed by atoms with Gasteiger partial charge in [-0.2, -0.15) is 0 Å². The molecule has 3 heteroatoms. The Kier molecular flexibility index (Phi) is 2.02. The zero-order valence-electron chi connectivity index (χ0n) is 7.31. The van der Waals surface area contributed by atoms with Crippen molar-refractivity contribution in [3.63, 3.8) is 0 Å². The molecule has 2 N–H and O–H groups in total. The number of nitrogens with two attached hydrogens (primary N) is 1. The highest BCUT2D eigenvalue weighted by atomic mass is 16.2. The number of anilines is 1. The van der Waals surface area contributed by atoms with Crippen molar-refractivity contribution in [2.24, 2.45) is 5.73 Å². The Morgan fingerprint density at radius 1 is 1.31 bits per heavy atom. The van der Waals surface area contributed by atoms with Crippen molar-refractivity contribution >= 4 is 11.6 Å². The summed E-state index contributed by atoms with van der Waals surface area (Å²) in [6.07, 6.45) is 0.758. The molecule has 1 aromatic rings. The van der Waals surface area contributed by atoms with Crippen LogP contribution in [0.5, 0.6) is 0 Å². The summed E-state index contributed by atoms with van der Waals surface area (Å²) in [7, 11) is 0. The van der Waals surface area contributed by atoms with Crippen molar-refractivity contribution in [1.29, 1.82) is 0 Å². The smallest absolute Gasteiger partial charge is 0.243 e. The summed E-state index contributed by atoms with van der Waals surface area (Å²) in [5.74, 6) is 0.0335. The summed E-state index contributed by atoms with van der Waals surface area (Å²) in [5.41, 5.74) is 6.56. The van der Waals surface area contributed by atoms with Gasteiger partial charge in [-0.3, -0.25) is 4.79 Å². The van der Waals surface area contributed by atoms with Gasteiger partial charge in [-0.05, 0) is 18.6 Å². The fraction of sp³-hybridized carbons (Fsp3) is 0.300. The van der Waals surface area contributed by atoms with E-state index in [9.17, 15) is 4.79 Å². The summed E-state index contributed by atoms with van der Waals surface area (Å²) >= 11 is 0. The van der Waals surface area contributed by atoms with Crippen LogP contribution in [0.25, 0.3) is 0 Å². The molecule has 68 valence electrons. The van der Waals surface area contributed by atoms with E-state index in [4.69, 9.17) is 5.73 Å². The van der Waals surface area contributed by atoms with E-state index < -0.39 is 0 Å². The van der Waals surface area contributed by atoms with Crippen LogP contribution in [-0.4, -0.2) is 18.5 Å². The number of nitrogens with zero attached hydrogens (tertiary/aromatic N) is 1. The summed E-state index contributed by atoms with van der Waals surface area (Å²) in [4.78, 5) is 13.2. The summed E-state index contributed by atoms with van der Waals surface area (Å²) in [6, 6.07) is 9.33. The van der Waals surface area contributed by atoms with Gasteiger partial charge in [0.25, 0.3) is 0 Å². The average molecular weight is 176 g/mol. The Balaban J connectivity index is 2.24. The molecule has 1 amide bonds. The molecule has 1 unspecified atom stereocenters. The Hall–Kier alpha value is -1.35. The maximum Gasteiger partial charge on any atom is 0.243 e. The molecule has 13 heavy (non-hydrogen) atoms. The summed E-state index contributed by atoms with van der Waals surface area (Å²) in [5, 5.41) is 0. The molecule has 3 nitrogen and oxygen atoms in total. The van der Waals surface area contributed by atoms with E-state index >= 15 is 0 Å². The zero-order chi connectivity index (χ0) is 9.26. The number of carbonyl (C=O) groups excluding carboxylic acids is 1. The van der Waals surface area contributed by atoms with Gasteiger partial charge in [0.05, 0.1) is 6.04 Å². The molecule has 1 heterocycles. The SMILES string of the molecule is NC1CCN(c2ccccc2)C1=O. The molecule has 1 fully saturated rings. The normalized spacial score (nSPS) is 22.4. The third-order valence-corrected chi connectivity index (χ3v) is 2.31. The van der Waals surface area contributed by atoms with Gasteiger partial charge in [-0.25, -0.2) is 0 Å². The number of hydrogen-bond acceptors (Lipinski definition) is 2. The molecule has 0 spiro atoms. The largest absolute Gasteiger partial charge is 0.320 e. The lowest BCUT2D eigenvalue weighted by atomic mass is 10.3. The van der Waals surface area contributed by atoms with E-state index in [1.807, 2.05) is 30.3 Å². The van der Waals surface area contributed by atoms with Crippen LogP contribution in [0.1, 0.15) is 6.42 Å². The second-order valence-electron chi connectivity index (χ2n) is 3.22. The molecular weight excluding hydrogens is 164 g/mol. The van der Waals surface area contributed by atoms with Crippen LogP contribution in [0.15, 0.2) is 30.3 Å². The highest BCUT2D eigenvalue weighted by molar-refractivity contribution is 5.99. The second kappa shape index (κ2) is 3.18. The predicted octanol–water partition coefficient (Wildman–Crippen LogP) is 0.751. The van der Waals surface area contributed by atoms with Crippen LogP contribution in [0.3, 0.4) is 0 Å². The van der Waals surface area contributed by atoms with E-state index in [2.05, 4.69) is 0 Å². The first-order valence-corrected chi connectivity index (χ1v) is 4.41. The monoisotopic (exact) mass is 176 g/mol. The van der Waals surface area contributed by atoms with Gasteiger partial charge < -0.3 is 10.6 Å². The van der Waals surface area contributed by atoms with Crippen LogP contribution in [0, 0.1) is 0 Å². The maximum atomic E-state index is 11.5. The molecule has 0 radical (unpaired) electrons. The molecule has 0 aromatic heterocycles. The average Bonchev–Trinajstić information content (AvgIpc) is 2.49. The Bertz CT molecular complexity index is 310. The van der Waals surface area contributed by atoms with Crippen LogP contribution >= 0.6 is 0 Å². The standard InChI is InChI=1S/C10H12N2O/c11-9-6-7-12(10(9)13)8-4-2-1-3-5-8/h1-5,9H,6-7,11H2. The minimum atomic E-state index is -0.305. The van der Waals surface area contributed by atoms with Crippen LogP contribution in [0.4, 0.5) is 5.69 Å². The molecule has 0 bridgehead atoms. The third kappa shape index (κ3) is 1.42. The number of hydrogen-bond donors (Lipinski definition) is 1. The molecule has 0 saturated carbocycles. The van der Waals surface area contributed by atoms with Crippen molar-refractivity contribution in [3.05, 3.63) is 30.3 Å². The molecule has 1 aliphatic rings. The highest BCUT2D eigenvalue weighted by Crippen LogP contribution is 2.19. The van der Waals surface area contributed by atoms with Gasteiger partial charge in [-0.15, -0.1) is 0 Å². The number of rotatable bonds is 1. The van der Waals surface area contributed by atoms with Gasteiger partial charge in [0, 0.05) is 12.2 Å². The fourth-order valence-electron chi connectivity index (χ4n) is 1.57. The van der Waals surface area contributed by atoms with Crippen molar-refractivity contribution in [2.75, 3.05) is 11.4 Å².